The first-order valence-corrected chi connectivity index (χ1v) is 7.38. The Morgan fingerprint density at radius 3 is 2.47 bits per heavy atom. The lowest BCUT2D eigenvalue weighted by Crippen LogP contribution is -2.02. The van der Waals surface area contributed by atoms with E-state index in [9.17, 15) is 4.79 Å². The van der Waals surface area contributed by atoms with Crippen molar-refractivity contribution in [3.63, 3.8) is 0 Å². The Morgan fingerprint density at radius 1 is 1.11 bits per heavy atom. The molecule has 0 amide bonds. The van der Waals surface area contributed by atoms with Gasteiger partial charge in [-0.15, -0.1) is 11.8 Å². The van der Waals surface area contributed by atoms with E-state index in [4.69, 9.17) is 4.74 Å². The van der Waals surface area contributed by atoms with Gasteiger partial charge in [0.2, 0.25) is 0 Å². The highest BCUT2D eigenvalue weighted by Crippen LogP contribution is 2.19. The Bertz CT molecular complexity index is 561. The van der Waals surface area contributed by atoms with E-state index in [0.29, 0.717) is 17.7 Å². The van der Waals surface area contributed by atoms with Crippen LogP contribution >= 0.6 is 11.8 Å². The first kappa shape index (κ1) is 13.7. The largest absolute Gasteiger partial charge is 0.494 e. The van der Waals surface area contributed by atoms with Crippen molar-refractivity contribution in [3.8, 4) is 5.75 Å². The fourth-order valence-corrected chi connectivity index (χ4v) is 2.21. The van der Waals surface area contributed by atoms with Crippen LogP contribution in [-0.4, -0.2) is 18.6 Å². The molecule has 0 heterocycles. The number of benzene rings is 2. The van der Waals surface area contributed by atoms with Gasteiger partial charge in [-0.05, 0) is 49.6 Å². The number of ether oxygens (including phenoxy) is 1. The molecule has 0 bridgehead atoms. The summed E-state index contributed by atoms with van der Waals surface area (Å²) in [4.78, 5) is 13.5. The third-order valence-corrected chi connectivity index (χ3v) is 3.50. The van der Waals surface area contributed by atoms with Crippen LogP contribution < -0.4 is 4.74 Å². The lowest BCUT2D eigenvalue weighted by atomic mass is 10.0. The Kier molecular flexibility index (Phi) is 4.63. The van der Waals surface area contributed by atoms with Crippen LogP contribution in [0, 0.1) is 0 Å². The molecular weight excluding hydrogens is 256 g/mol. The van der Waals surface area contributed by atoms with Crippen LogP contribution in [0.4, 0.5) is 0 Å². The van der Waals surface area contributed by atoms with Crippen molar-refractivity contribution in [1.29, 1.82) is 0 Å². The predicted octanol–water partition coefficient (Wildman–Crippen LogP) is 4.04. The topological polar surface area (TPSA) is 26.3 Å². The second-order valence-electron chi connectivity index (χ2n) is 4.02. The van der Waals surface area contributed by atoms with Gasteiger partial charge in [-0.25, -0.2) is 0 Å². The van der Waals surface area contributed by atoms with Crippen molar-refractivity contribution < 1.29 is 9.53 Å². The number of rotatable bonds is 5. The van der Waals surface area contributed by atoms with Crippen LogP contribution in [-0.2, 0) is 0 Å². The maximum absolute atomic E-state index is 12.3. The van der Waals surface area contributed by atoms with E-state index in [1.165, 1.54) is 0 Å². The Labute approximate surface area is 117 Å². The minimum absolute atomic E-state index is 0.0224. The van der Waals surface area contributed by atoms with E-state index in [-0.39, 0.29) is 5.78 Å². The third-order valence-electron chi connectivity index (χ3n) is 2.76. The molecule has 0 N–H and O–H groups in total. The van der Waals surface area contributed by atoms with Gasteiger partial charge in [-0.1, -0.05) is 12.1 Å². The zero-order chi connectivity index (χ0) is 13.7. The Morgan fingerprint density at radius 2 is 1.84 bits per heavy atom. The summed E-state index contributed by atoms with van der Waals surface area (Å²) in [6.07, 6.45) is 2.02. The highest BCUT2D eigenvalue weighted by atomic mass is 32.2. The summed E-state index contributed by atoms with van der Waals surface area (Å²) in [5.41, 5.74) is 1.36. The van der Waals surface area contributed by atoms with Gasteiger partial charge in [0.25, 0.3) is 0 Å². The molecule has 2 rings (SSSR count). The molecule has 0 aliphatic carbocycles. The van der Waals surface area contributed by atoms with Crippen molar-refractivity contribution in [1.82, 2.24) is 0 Å². The molecule has 0 unspecified atom stereocenters. The number of carbonyl (C=O) groups excluding carboxylic acids is 1. The van der Waals surface area contributed by atoms with Gasteiger partial charge in [0, 0.05) is 16.0 Å². The minimum atomic E-state index is 0.0224. The Hall–Kier alpha value is -1.74. The summed E-state index contributed by atoms with van der Waals surface area (Å²) < 4.78 is 5.41. The number of thioether (sulfide) groups is 1. The number of hydrogen-bond donors (Lipinski definition) is 0. The fraction of sp³-hybridized carbons (Fsp3) is 0.188. The molecule has 2 aromatic carbocycles. The third kappa shape index (κ3) is 3.38. The predicted molar refractivity (Wildman–Crippen MR) is 79.3 cm³/mol. The van der Waals surface area contributed by atoms with E-state index in [1.54, 1.807) is 17.8 Å². The van der Waals surface area contributed by atoms with E-state index >= 15 is 0 Å². The summed E-state index contributed by atoms with van der Waals surface area (Å²) in [5.74, 6) is 0.753. The zero-order valence-electron chi connectivity index (χ0n) is 11.1. The molecule has 98 valence electrons. The molecule has 2 nitrogen and oxygen atoms in total. The van der Waals surface area contributed by atoms with Crippen LogP contribution in [0.25, 0.3) is 0 Å². The number of carbonyl (C=O) groups is 1. The van der Waals surface area contributed by atoms with Gasteiger partial charge in [0.15, 0.2) is 5.78 Å². The van der Waals surface area contributed by atoms with Crippen molar-refractivity contribution in [2.45, 2.75) is 11.8 Å². The van der Waals surface area contributed by atoms with Crippen molar-refractivity contribution in [2.75, 3.05) is 12.9 Å². The van der Waals surface area contributed by atoms with Crippen molar-refractivity contribution in [3.05, 3.63) is 59.7 Å². The molecule has 0 radical (unpaired) electrons. The van der Waals surface area contributed by atoms with E-state index < -0.39 is 0 Å². The minimum Gasteiger partial charge on any atom is -0.494 e. The quantitative estimate of drug-likeness (QED) is 0.607. The molecular formula is C16H16O2S. The van der Waals surface area contributed by atoms with Gasteiger partial charge < -0.3 is 4.74 Å². The van der Waals surface area contributed by atoms with Gasteiger partial charge in [0.1, 0.15) is 5.75 Å². The number of hydrogen-bond acceptors (Lipinski definition) is 3. The average molecular weight is 272 g/mol. The monoisotopic (exact) mass is 272 g/mol. The number of ketones is 1. The molecule has 3 heteroatoms. The molecule has 0 spiro atoms. The maximum Gasteiger partial charge on any atom is 0.193 e. The average Bonchev–Trinajstić information content (AvgIpc) is 2.47. The van der Waals surface area contributed by atoms with Gasteiger partial charge in [0.05, 0.1) is 6.61 Å². The molecule has 0 saturated carbocycles. The van der Waals surface area contributed by atoms with E-state index in [0.717, 1.165) is 10.6 Å². The van der Waals surface area contributed by atoms with Crippen molar-refractivity contribution >= 4 is 17.5 Å². The van der Waals surface area contributed by atoms with Gasteiger partial charge >= 0.3 is 0 Å². The second kappa shape index (κ2) is 6.43. The van der Waals surface area contributed by atoms with Crippen LogP contribution in [0.5, 0.6) is 5.75 Å². The summed E-state index contributed by atoms with van der Waals surface area (Å²) in [6, 6.07) is 14.9. The van der Waals surface area contributed by atoms with E-state index in [2.05, 4.69) is 0 Å². The standard InChI is InChI=1S/C16H16O2S/c1-3-18-14-6-4-5-13(11-14)16(17)12-7-9-15(19-2)10-8-12/h4-11H,3H2,1-2H3. The van der Waals surface area contributed by atoms with E-state index in [1.807, 2.05) is 55.6 Å². The summed E-state index contributed by atoms with van der Waals surface area (Å²) in [7, 11) is 0. The SMILES string of the molecule is CCOc1cccc(C(=O)c2ccc(SC)cc2)c1. The lowest BCUT2D eigenvalue weighted by Gasteiger charge is -2.06. The second-order valence-corrected chi connectivity index (χ2v) is 4.90. The fourth-order valence-electron chi connectivity index (χ4n) is 1.80. The first-order valence-electron chi connectivity index (χ1n) is 6.16. The van der Waals surface area contributed by atoms with Crippen LogP contribution in [0.1, 0.15) is 22.8 Å². The smallest absolute Gasteiger partial charge is 0.193 e. The highest BCUT2D eigenvalue weighted by molar-refractivity contribution is 7.98. The molecule has 0 aliphatic heterocycles. The van der Waals surface area contributed by atoms with Crippen LogP contribution in [0.15, 0.2) is 53.4 Å². The highest BCUT2D eigenvalue weighted by Gasteiger charge is 2.09. The van der Waals surface area contributed by atoms with Crippen LogP contribution in [0.3, 0.4) is 0 Å². The van der Waals surface area contributed by atoms with Gasteiger partial charge in [-0.2, -0.15) is 0 Å². The summed E-state index contributed by atoms with van der Waals surface area (Å²) in [5, 5.41) is 0. The molecule has 2 aromatic rings. The molecule has 0 saturated heterocycles. The lowest BCUT2D eigenvalue weighted by molar-refractivity contribution is 0.103. The summed E-state index contributed by atoms with van der Waals surface area (Å²) in [6.45, 7) is 2.52. The van der Waals surface area contributed by atoms with Crippen LogP contribution in [0.2, 0.25) is 0 Å². The molecule has 0 aliphatic rings. The first-order chi connectivity index (χ1) is 9.24. The normalized spacial score (nSPS) is 10.2. The molecule has 0 aromatic heterocycles. The summed E-state index contributed by atoms with van der Waals surface area (Å²) >= 11 is 1.66. The molecule has 19 heavy (non-hydrogen) atoms. The van der Waals surface area contributed by atoms with Crippen molar-refractivity contribution in [2.24, 2.45) is 0 Å². The molecule has 0 fully saturated rings. The van der Waals surface area contributed by atoms with Gasteiger partial charge in [-0.3, -0.25) is 4.79 Å². The molecule has 0 atom stereocenters. The maximum atomic E-state index is 12.3. The Balaban J connectivity index is 2.24. The zero-order valence-corrected chi connectivity index (χ0v) is 11.9.